The van der Waals surface area contributed by atoms with Crippen molar-refractivity contribution in [2.45, 2.75) is 13.3 Å². The van der Waals surface area contributed by atoms with Gasteiger partial charge in [0.1, 0.15) is 0 Å². The van der Waals surface area contributed by atoms with Gasteiger partial charge in [-0.2, -0.15) is 0 Å². The molecule has 3 heteroatoms. The van der Waals surface area contributed by atoms with Gasteiger partial charge in [-0.3, -0.25) is 4.79 Å². The van der Waals surface area contributed by atoms with E-state index in [4.69, 9.17) is 0 Å². The van der Waals surface area contributed by atoms with Crippen molar-refractivity contribution in [3.63, 3.8) is 0 Å². The monoisotopic (exact) mass is 156 g/mol. The lowest BCUT2D eigenvalue weighted by Gasteiger charge is -1.86. The van der Waals surface area contributed by atoms with E-state index >= 15 is 0 Å². The van der Waals surface area contributed by atoms with Gasteiger partial charge < -0.3 is 4.74 Å². The molecule has 1 aromatic rings. The van der Waals surface area contributed by atoms with Gasteiger partial charge >= 0.3 is 0 Å². The number of carbonyl (C=O) groups is 1. The van der Waals surface area contributed by atoms with Crippen LogP contribution in [0.4, 0.5) is 0 Å². The molecule has 10 heavy (non-hydrogen) atoms. The summed E-state index contributed by atoms with van der Waals surface area (Å²) < 4.78 is 4.63. The standard InChI is InChI=1S/C7H8O2S/c1-2-6-3-4-7(10-6)9-5-8/h3-5H,2H2,1H3. The molecule has 2 nitrogen and oxygen atoms in total. The summed E-state index contributed by atoms with van der Waals surface area (Å²) in [7, 11) is 0. The zero-order valence-electron chi connectivity index (χ0n) is 5.66. The quantitative estimate of drug-likeness (QED) is 0.624. The first-order chi connectivity index (χ1) is 4.86. The minimum atomic E-state index is 0.450. The molecule has 0 bridgehead atoms. The lowest BCUT2D eigenvalue weighted by atomic mass is 10.4. The smallest absolute Gasteiger partial charge is 0.299 e. The molecule has 0 unspecified atom stereocenters. The summed E-state index contributed by atoms with van der Waals surface area (Å²) in [6.45, 7) is 2.52. The van der Waals surface area contributed by atoms with E-state index in [2.05, 4.69) is 11.7 Å². The van der Waals surface area contributed by atoms with Crippen LogP contribution in [0.1, 0.15) is 11.8 Å². The Balaban J connectivity index is 2.67. The second-order valence-corrected chi connectivity index (χ2v) is 2.92. The van der Waals surface area contributed by atoms with Crippen LogP contribution in [-0.4, -0.2) is 6.47 Å². The molecule has 0 saturated carbocycles. The van der Waals surface area contributed by atoms with Crippen molar-refractivity contribution in [3.05, 3.63) is 17.0 Å². The molecule has 0 spiro atoms. The normalized spacial score (nSPS) is 9.30. The van der Waals surface area contributed by atoms with Crippen LogP contribution >= 0.6 is 11.3 Å². The van der Waals surface area contributed by atoms with Crippen molar-refractivity contribution in [2.24, 2.45) is 0 Å². The van der Waals surface area contributed by atoms with Gasteiger partial charge in [0.05, 0.1) is 0 Å². The largest absolute Gasteiger partial charge is 0.418 e. The Labute approximate surface area is 63.4 Å². The van der Waals surface area contributed by atoms with Gasteiger partial charge in [0, 0.05) is 4.88 Å². The van der Waals surface area contributed by atoms with Crippen LogP contribution in [-0.2, 0) is 11.2 Å². The maximum Gasteiger partial charge on any atom is 0.299 e. The average molecular weight is 156 g/mol. The van der Waals surface area contributed by atoms with Gasteiger partial charge in [-0.1, -0.05) is 6.92 Å². The molecule has 0 atom stereocenters. The van der Waals surface area contributed by atoms with E-state index in [0.29, 0.717) is 11.5 Å². The molecule has 0 radical (unpaired) electrons. The number of hydrogen-bond donors (Lipinski definition) is 0. The van der Waals surface area contributed by atoms with Crippen LogP contribution in [0, 0.1) is 0 Å². The Morgan fingerprint density at radius 1 is 1.70 bits per heavy atom. The Bertz CT molecular complexity index is 217. The molecule has 0 N–H and O–H groups in total. The van der Waals surface area contributed by atoms with Crippen LogP contribution < -0.4 is 4.74 Å². The Morgan fingerprint density at radius 2 is 2.50 bits per heavy atom. The maximum atomic E-state index is 9.86. The molecular weight excluding hydrogens is 148 g/mol. The summed E-state index contributed by atoms with van der Waals surface area (Å²) in [4.78, 5) is 11.1. The fourth-order valence-corrected chi connectivity index (χ4v) is 1.42. The van der Waals surface area contributed by atoms with E-state index in [1.807, 2.05) is 6.07 Å². The fraction of sp³-hybridized carbons (Fsp3) is 0.286. The molecular formula is C7H8O2S. The van der Waals surface area contributed by atoms with Gasteiger partial charge in [0.15, 0.2) is 5.06 Å². The highest BCUT2D eigenvalue weighted by Crippen LogP contribution is 2.23. The summed E-state index contributed by atoms with van der Waals surface area (Å²) in [6.07, 6.45) is 0.993. The third-order valence-electron chi connectivity index (χ3n) is 1.15. The zero-order chi connectivity index (χ0) is 7.40. The number of rotatable bonds is 3. The molecule has 1 rings (SSSR count). The second-order valence-electron chi connectivity index (χ2n) is 1.79. The third kappa shape index (κ3) is 1.57. The third-order valence-corrected chi connectivity index (χ3v) is 2.27. The molecule has 1 aromatic heterocycles. The first-order valence-corrected chi connectivity index (χ1v) is 3.87. The van der Waals surface area contributed by atoms with E-state index in [1.54, 1.807) is 6.07 Å². The van der Waals surface area contributed by atoms with Gasteiger partial charge in [0.25, 0.3) is 6.47 Å². The highest BCUT2D eigenvalue weighted by molar-refractivity contribution is 7.13. The van der Waals surface area contributed by atoms with Crippen molar-refractivity contribution in [3.8, 4) is 5.06 Å². The minimum absolute atomic E-state index is 0.450. The first-order valence-electron chi connectivity index (χ1n) is 3.06. The topological polar surface area (TPSA) is 26.3 Å². The summed E-state index contributed by atoms with van der Waals surface area (Å²) >= 11 is 1.50. The van der Waals surface area contributed by atoms with Crippen LogP contribution in [0.2, 0.25) is 0 Å². The highest BCUT2D eigenvalue weighted by Gasteiger charge is 1.96. The molecule has 54 valence electrons. The van der Waals surface area contributed by atoms with Gasteiger partial charge in [-0.25, -0.2) is 0 Å². The van der Waals surface area contributed by atoms with Crippen LogP contribution in [0.5, 0.6) is 5.06 Å². The number of carbonyl (C=O) groups excluding carboxylic acids is 1. The Kier molecular flexibility index (Phi) is 2.45. The van der Waals surface area contributed by atoms with Gasteiger partial charge in [0.2, 0.25) is 0 Å². The van der Waals surface area contributed by atoms with E-state index in [9.17, 15) is 4.79 Å². The highest BCUT2D eigenvalue weighted by atomic mass is 32.1. The SMILES string of the molecule is CCc1ccc(OC=O)s1. The molecule has 0 amide bonds. The molecule has 0 aliphatic rings. The van der Waals surface area contributed by atoms with Gasteiger partial charge in [-0.15, -0.1) is 11.3 Å². The summed E-state index contributed by atoms with van der Waals surface area (Å²) in [5.74, 6) is 0. The van der Waals surface area contributed by atoms with E-state index in [1.165, 1.54) is 16.2 Å². The lowest BCUT2D eigenvalue weighted by molar-refractivity contribution is -0.120. The molecule has 0 aromatic carbocycles. The van der Waals surface area contributed by atoms with E-state index < -0.39 is 0 Å². The lowest BCUT2D eigenvalue weighted by Crippen LogP contribution is -1.82. The number of aryl methyl sites for hydroxylation is 1. The summed E-state index contributed by atoms with van der Waals surface area (Å²) in [5, 5.41) is 0.673. The Morgan fingerprint density at radius 3 is 3.00 bits per heavy atom. The summed E-state index contributed by atoms with van der Waals surface area (Å²) in [5.41, 5.74) is 0. The minimum Gasteiger partial charge on any atom is -0.418 e. The molecule has 0 saturated heterocycles. The van der Waals surface area contributed by atoms with Crippen LogP contribution in [0.3, 0.4) is 0 Å². The number of hydrogen-bond acceptors (Lipinski definition) is 3. The van der Waals surface area contributed by atoms with Crippen molar-refractivity contribution < 1.29 is 9.53 Å². The van der Waals surface area contributed by atoms with E-state index in [0.717, 1.165) is 6.42 Å². The van der Waals surface area contributed by atoms with Crippen molar-refractivity contribution in [2.75, 3.05) is 0 Å². The van der Waals surface area contributed by atoms with Crippen molar-refractivity contribution in [1.82, 2.24) is 0 Å². The molecule has 0 aliphatic heterocycles. The van der Waals surface area contributed by atoms with Crippen molar-refractivity contribution >= 4 is 17.8 Å². The maximum absolute atomic E-state index is 9.86. The van der Waals surface area contributed by atoms with Gasteiger partial charge in [-0.05, 0) is 18.6 Å². The Hall–Kier alpha value is -0.830. The molecule has 0 aliphatic carbocycles. The first kappa shape index (κ1) is 7.28. The zero-order valence-corrected chi connectivity index (χ0v) is 6.48. The average Bonchev–Trinajstić information content (AvgIpc) is 2.37. The second kappa shape index (κ2) is 3.37. The number of ether oxygens (including phenoxy) is 1. The fourth-order valence-electron chi connectivity index (χ4n) is 0.659. The molecule has 0 fully saturated rings. The van der Waals surface area contributed by atoms with Crippen LogP contribution in [0.15, 0.2) is 12.1 Å². The predicted molar refractivity (Wildman–Crippen MR) is 40.4 cm³/mol. The molecule has 1 heterocycles. The predicted octanol–water partition coefficient (Wildman–Crippen LogP) is 1.85. The summed E-state index contributed by atoms with van der Waals surface area (Å²) in [6, 6.07) is 3.77. The number of thiophene rings is 1. The van der Waals surface area contributed by atoms with E-state index in [-0.39, 0.29) is 0 Å². The van der Waals surface area contributed by atoms with Crippen LogP contribution in [0.25, 0.3) is 0 Å². The van der Waals surface area contributed by atoms with Crippen molar-refractivity contribution in [1.29, 1.82) is 0 Å².